The zero-order valence-electron chi connectivity index (χ0n) is 54.6. The summed E-state index contributed by atoms with van der Waals surface area (Å²) in [5, 5.41) is 12.6. The van der Waals surface area contributed by atoms with Gasteiger partial charge in [-0.3, -0.25) is 0 Å². The summed E-state index contributed by atoms with van der Waals surface area (Å²) in [6.45, 7) is 11.5. The van der Waals surface area contributed by atoms with E-state index in [1.54, 1.807) is 164 Å². The van der Waals surface area contributed by atoms with Gasteiger partial charge in [-0.25, -0.2) is 15.0 Å². The fraction of sp³-hybridized carbons (Fsp3) is 0.284. The Bertz CT molecular complexity index is 4650. The number of halogens is 13. The Morgan fingerprint density at radius 3 is 1.08 bits per heavy atom. The van der Waals surface area contributed by atoms with E-state index < -0.39 is 56.6 Å². The summed E-state index contributed by atoms with van der Waals surface area (Å²) in [6, 6.07) is 30.7. The van der Waals surface area contributed by atoms with E-state index in [0.29, 0.717) is 90.5 Å². The van der Waals surface area contributed by atoms with Crippen LogP contribution < -0.4 is 56.0 Å². The van der Waals surface area contributed by atoms with Crippen molar-refractivity contribution in [2.24, 2.45) is 0 Å². The van der Waals surface area contributed by atoms with Gasteiger partial charge in [0.25, 0.3) is 0 Å². The first-order valence-electron chi connectivity index (χ1n) is 30.4. The second-order valence-electron chi connectivity index (χ2n) is 24.6. The molecule has 0 atom stereocenters. The summed E-state index contributed by atoms with van der Waals surface area (Å²) in [6.07, 6.45) is -10.5. The largest absolute Gasteiger partial charge is 0.493 e. The lowest BCUT2D eigenvalue weighted by Gasteiger charge is -2.32. The fourth-order valence-corrected chi connectivity index (χ4v) is 14.7. The number of fused-ring (bicyclic) bond motifs is 3. The molecule has 0 bridgehead atoms. The molecule has 0 spiro atoms. The summed E-state index contributed by atoms with van der Waals surface area (Å²) in [5.74, 6) is 0.455. The van der Waals surface area contributed by atoms with Crippen LogP contribution in [0.25, 0.3) is 0 Å². The van der Waals surface area contributed by atoms with E-state index in [1.165, 1.54) is 14.2 Å². The van der Waals surface area contributed by atoms with Crippen LogP contribution in [0, 0.1) is 0 Å². The summed E-state index contributed by atoms with van der Waals surface area (Å²) >= 11 is 24.6. The van der Waals surface area contributed by atoms with Crippen molar-refractivity contribution in [3.63, 3.8) is 0 Å². The number of benzene rings is 6. The highest BCUT2D eigenvalue weighted by Crippen LogP contribution is 2.45. The molecule has 528 valence electrons. The van der Waals surface area contributed by atoms with Crippen LogP contribution in [0.5, 0.6) is 11.5 Å². The molecule has 3 N–H and O–H groups in total. The van der Waals surface area contributed by atoms with Gasteiger partial charge in [0.15, 0.2) is 11.5 Å². The second-order valence-corrected chi connectivity index (χ2v) is 35.9. The van der Waals surface area contributed by atoms with Gasteiger partial charge in [-0.15, -0.1) is 0 Å². The lowest BCUT2D eigenvalue weighted by atomic mass is 9.99. The van der Waals surface area contributed by atoms with Crippen LogP contribution in [0.15, 0.2) is 128 Å². The molecule has 0 amide bonds. The SMILES string of the molecule is COc1cc2c(cc1OC)CN(c1nc(Nc3ccc(P(C)(C)=O)cc3)ncc1C(F)(F)F)C2.CP(C)(=O)c1ccc(Nc2ncc(C(F)(F)F)c(N3CCc4c(Cl)cc(Cl)cc4C3)n2)cc1.CP(C)(=O)c1ccc(Nc2ncc(C(F)(F)F)c(N3CCc4cc(Cl)c(Cl)cc4C3)n2)cc1. The molecule has 0 saturated carbocycles. The van der Waals surface area contributed by atoms with Crippen LogP contribution in [-0.4, -0.2) is 97.2 Å². The van der Waals surface area contributed by atoms with Gasteiger partial charge >= 0.3 is 18.5 Å². The van der Waals surface area contributed by atoms with E-state index in [9.17, 15) is 53.2 Å². The Balaban J connectivity index is 0.000000162. The van der Waals surface area contributed by atoms with Gasteiger partial charge in [-0.05, 0) is 195 Å². The molecule has 3 aromatic heterocycles. The van der Waals surface area contributed by atoms with Crippen molar-refractivity contribution < 1.29 is 62.7 Å². The van der Waals surface area contributed by atoms with Gasteiger partial charge < -0.3 is 53.8 Å². The zero-order chi connectivity index (χ0) is 72.6. The number of nitrogens with one attached hydrogen (secondary N) is 3. The number of aromatic nitrogens is 6. The zero-order valence-corrected chi connectivity index (χ0v) is 60.3. The smallest absolute Gasteiger partial charge is 0.421 e. The van der Waals surface area contributed by atoms with Crippen LogP contribution >= 0.6 is 67.8 Å². The number of nitrogens with zero attached hydrogens (tertiary/aromatic N) is 9. The van der Waals surface area contributed by atoms with Crippen LogP contribution in [0.3, 0.4) is 0 Å². The van der Waals surface area contributed by atoms with Gasteiger partial charge in [0.05, 0.1) is 24.3 Å². The van der Waals surface area contributed by atoms with Gasteiger partial charge in [-0.1, -0.05) is 46.4 Å². The van der Waals surface area contributed by atoms with E-state index in [-0.39, 0.29) is 61.5 Å². The lowest BCUT2D eigenvalue weighted by Crippen LogP contribution is -2.33. The lowest BCUT2D eigenvalue weighted by molar-refractivity contribution is -0.138. The molecule has 100 heavy (non-hydrogen) atoms. The fourth-order valence-electron chi connectivity index (χ4n) is 11.1. The molecule has 0 aliphatic carbocycles. The van der Waals surface area contributed by atoms with Crippen LogP contribution in [0.4, 0.5) is 91.9 Å². The van der Waals surface area contributed by atoms with Crippen molar-refractivity contribution in [1.29, 1.82) is 0 Å². The second kappa shape index (κ2) is 29.6. The number of hydrogen-bond acceptors (Lipinski definition) is 17. The molecule has 3 aliphatic heterocycles. The highest BCUT2D eigenvalue weighted by atomic mass is 35.5. The average molecular weight is 1520 g/mol. The summed E-state index contributed by atoms with van der Waals surface area (Å²) in [4.78, 5) is 28.9. The topological polar surface area (TPSA) is 193 Å². The maximum Gasteiger partial charge on any atom is 0.421 e. The Morgan fingerprint density at radius 2 is 0.730 bits per heavy atom. The number of anilines is 9. The Hall–Kier alpha value is -7.82. The summed E-state index contributed by atoms with van der Waals surface area (Å²) in [5.41, 5.74) is 4.02. The van der Waals surface area contributed by atoms with E-state index in [0.717, 1.165) is 52.0 Å². The quantitative estimate of drug-likeness (QED) is 0.0687. The molecule has 6 aromatic carbocycles. The Morgan fingerprint density at radius 1 is 0.410 bits per heavy atom. The number of ether oxygens (including phenoxy) is 2. The summed E-state index contributed by atoms with van der Waals surface area (Å²) in [7, 11) is -4.23. The maximum absolute atomic E-state index is 13.8. The average Bonchev–Trinajstić information content (AvgIpc) is 1.15. The molecule has 3 aliphatic rings. The molecular formula is C67H64Cl4F9N12O5P3. The van der Waals surface area contributed by atoms with E-state index in [2.05, 4.69) is 45.9 Å². The normalized spacial score (nSPS) is 14.0. The van der Waals surface area contributed by atoms with E-state index >= 15 is 0 Å². The van der Waals surface area contributed by atoms with Crippen molar-refractivity contribution >= 4 is 136 Å². The van der Waals surface area contributed by atoms with Gasteiger partial charge in [-0.2, -0.15) is 54.5 Å². The third kappa shape index (κ3) is 18.1. The van der Waals surface area contributed by atoms with Crippen LogP contribution in [-0.2, 0) is 71.2 Å². The van der Waals surface area contributed by atoms with E-state index in [1.807, 2.05) is 0 Å². The Kier molecular flexibility index (Phi) is 22.2. The molecule has 0 radical (unpaired) electrons. The van der Waals surface area contributed by atoms with Gasteiger partial charge in [0.1, 0.15) is 55.6 Å². The number of alkyl halides is 9. The first kappa shape index (κ1) is 74.9. The standard InChI is InChI=1S/C23H24F3N4O3P.2C22H20Cl2F3N4OP/c1-32-19-9-14-12-30(13-15(14)10-20(19)33-2)21-18(23(24,25)26)11-27-22(29-21)28-16-5-7-17(8-6-16)34(3,4)31;1-33(2,32)16-5-3-15(4-6-16)29-21-28-11-18(22(25,26)27)20(30-21)31-8-7-17-13(12-31)9-14(23)10-19(17)24;1-33(2,32)16-5-3-15(4-6-16)29-21-28-11-17(22(25,26)27)20(30-21)31-8-7-13-9-18(23)19(24)10-14(13)12-31/h5-11H,12-13H2,1-4H3,(H,27,28,29);2*3-6,9-11H,7-8,12H2,1-2H3,(H,28,29,30). The molecule has 6 heterocycles. The third-order valence-corrected chi connectivity index (χ3v) is 22.2. The molecule has 9 aromatic rings. The number of hydrogen-bond donors (Lipinski definition) is 3. The monoisotopic (exact) mass is 1520 g/mol. The molecule has 0 unspecified atom stereocenters. The predicted octanol–water partition coefficient (Wildman–Crippen LogP) is 17.7. The van der Waals surface area contributed by atoms with Gasteiger partial charge in [0.2, 0.25) is 17.8 Å². The summed E-state index contributed by atoms with van der Waals surface area (Å²) < 4.78 is 171. The maximum atomic E-state index is 13.8. The highest BCUT2D eigenvalue weighted by Gasteiger charge is 2.41. The van der Waals surface area contributed by atoms with E-state index in [4.69, 9.17) is 55.9 Å². The minimum atomic E-state index is -4.62. The van der Waals surface area contributed by atoms with Gasteiger partial charge in [0, 0.05) is 101 Å². The highest BCUT2D eigenvalue weighted by molar-refractivity contribution is 7.70. The molecule has 0 saturated heterocycles. The molecule has 0 fully saturated rings. The molecule has 17 nitrogen and oxygen atoms in total. The minimum absolute atomic E-state index is 0.0249. The van der Waals surface area contributed by atoms with Crippen molar-refractivity contribution in [2.45, 2.75) is 57.5 Å². The first-order valence-corrected chi connectivity index (χ1v) is 39.7. The van der Waals surface area contributed by atoms with Crippen LogP contribution in [0.1, 0.15) is 50.1 Å². The minimum Gasteiger partial charge on any atom is -0.493 e. The Labute approximate surface area is 590 Å². The van der Waals surface area contributed by atoms with Crippen molar-refractivity contribution in [2.75, 3.05) is 97.9 Å². The number of rotatable bonds is 14. The predicted molar refractivity (Wildman–Crippen MR) is 379 cm³/mol. The molecular weight excluding hydrogens is 1460 g/mol. The van der Waals surface area contributed by atoms with Crippen LogP contribution in [0.2, 0.25) is 20.1 Å². The molecule has 12 rings (SSSR count). The van der Waals surface area contributed by atoms with Crippen molar-refractivity contribution in [3.05, 3.63) is 198 Å². The molecule has 33 heteroatoms. The first-order chi connectivity index (χ1) is 46.8. The van der Waals surface area contributed by atoms with Crippen molar-refractivity contribution in [3.8, 4) is 11.5 Å². The number of methoxy groups -OCH3 is 2. The third-order valence-electron chi connectivity index (χ3n) is 16.3. The van der Waals surface area contributed by atoms with Crippen molar-refractivity contribution in [1.82, 2.24) is 29.9 Å².